The minimum Gasteiger partial charge on any atom is -0.395 e. The SMILES string of the molecule is CC(CO)S[C@H]1CCC[C@@H]1O. The number of aliphatic hydroxyl groups is 2. The van der Waals surface area contributed by atoms with Crippen LogP contribution in [0.1, 0.15) is 26.2 Å². The van der Waals surface area contributed by atoms with Gasteiger partial charge in [-0.3, -0.25) is 0 Å². The highest BCUT2D eigenvalue weighted by Gasteiger charge is 2.26. The normalized spacial score (nSPS) is 34.1. The molecule has 2 N–H and O–H groups in total. The van der Waals surface area contributed by atoms with E-state index >= 15 is 0 Å². The maximum absolute atomic E-state index is 9.43. The van der Waals surface area contributed by atoms with Gasteiger partial charge >= 0.3 is 0 Å². The molecule has 11 heavy (non-hydrogen) atoms. The van der Waals surface area contributed by atoms with Crippen molar-refractivity contribution in [2.45, 2.75) is 42.8 Å². The van der Waals surface area contributed by atoms with Crippen molar-refractivity contribution in [3.8, 4) is 0 Å². The Morgan fingerprint density at radius 1 is 1.55 bits per heavy atom. The van der Waals surface area contributed by atoms with Crippen molar-refractivity contribution in [3.63, 3.8) is 0 Å². The number of rotatable bonds is 3. The van der Waals surface area contributed by atoms with Crippen molar-refractivity contribution in [1.82, 2.24) is 0 Å². The molecule has 66 valence electrons. The monoisotopic (exact) mass is 176 g/mol. The van der Waals surface area contributed by atoms with Gasteiger partial charge in [0.05, 0.1) is 12.7 Å². The van der Waals surface area contributed by atoms with Gasteiger partial charge in [-0.1, -0.05) is 6.92 Å². The molecule has 3 atom stereocenters. The van der Waals surface area contributed by atoms with Crippen LogP contribution in [0.2, 0.25) is 0 Å². The second kappa shape index (κ2) is 4.33. The molecular weight excluding hydrogens is 160 g/mol. The third-order valence-corrected chi connectivity index (χ3v) is 3.60. The Bertz CT molecular complexity index is 119. The molecule has 0 aromatic heterocycles. The second-order valence-corrected chi connectivity index (χ2v) is 4.85. The first-order chi connectivity index (χ1) is 5.24. The van der Waals surface area contributed by atoms with E-state index in [2.05, 4.69) is 0 Å². The van der Waals surface area contributed by atoms with E-state index in [0.29, 0.717) is 5.25 Å². The molecule has 0 saturated heterocycles. The fourth-order valence-corrected chi connectivity index (χ4v) is 2.71. The highest BCUT2D eigenvalue weighted by Crippen LogP contribution is 2.32. The van der Waals surface area contributed by atoms with Gasteiger partial charge in [-0.05, 0) is 19.3 Å². The van der Waals surface area contributed by atoms with Crippen LogP contribution in [0.25, 0.3) is 0 Å². The molecule has 1 rings (SSSR count). The summed E-state index contributed by atoms with van der Waals surface area (Å²) in [4.78, 5) is 0. The minimum absolute atomic E-state index is 0.131. The van der Waals surface area contributed by atoms with E-state index in [1.54, 1.807) is 11.8 Å². The van der Waals surface area contributed by atoms with Crippen LogP contribution >= 0.6 is 11.8 Å². The Morgan fingerprint density at radius 3 is 2.73 bits per heavy atom. The van der Waals surface area contributed by atoms with Crippen LogP contribution in [-0.4, -0.2) is 33.4 Å². The van der Waals surface area contributed by atoms with Gasteiger partial charge in [0, 0.05) is 10.5 Å². The number of thioether (sulfide) groups is 1. The fourth-order valence-electron chi connectivity index (χ4n) is 1.41. The molecule has 1 unspecified atom stereocenters. The molecule has 0 aromatic carbocycles. The Balaban J connectivity index is 2.24. The van der Waals surface area contributed by atoms with Crippen LogP contribution in [0.15, 0.2) is 0 Å². The van der Waals surface area contributed by atoms with Crippen molar-refractivity contribution < 1.29 is 10.2 Å². The number of hydrogen-bond acceptors (Lipinski definition) is 3. The molecule has 0 aliphatic heterocycles. The number of hydrogen-bond donors (Lipinski definition) is 2. The van der Waals surface area contributed by atoms with Gasteiger partial charge in [0.25, 0.3) is 0 Å². The van der Waals surface area contributed by atoms with E-state index in [9.17, 15) is 5.11 Å². The summed E-state index contributed by atoms with van der Waals surface area (Å²) in [6.07, 6.45) is 3.05. The summed E-state index contributed by atoms with van der Waals surface area (Å²) in [6.45, 7) is 2.21. The Morgan fingerprint density at radius 2 is 2.27 bits per heavy atom. The molecule has 0 bridgehead atoms. The zero-order valence-corrected chi connectivity index (χ0v) is 7.68. The van der Waals surface area contributed by atoms with Crippen LogP contribution in [0, 0.1) is 0 Å². The predicted molar refractivity (Wildman–Crippen MR) is 47.8 cm³/mol. The summed E-state index contributed by atoms with van der Waals surface area (Å²) in [6, 6.07) is 0. The van der Waals surface area contributed by atoms with Gasteiger partial charge < -0.3 is 10.2 Å². The van der Waals surface area contributed by atoms with Crippen LogP contribution in [-0.2, 0) is 0 Å². The molecule has 0 spiro atoms. The van der Waals surface area contributed by atoms with Crippen LogP contribution < -0.4 is 0 Å². The molecule has 2 nitrogen and oxygen atoms in total. The summed E-state index contributed by atoms with van der Waals surface area (Å²) in [7, 11) is 0. The van der Waals surface area contributed by atoms with E-state index in [-0.39, 0.29) is 18.0 Å². The summed E-state index contributed by atoms with van der Waals surface area (Å²) in [5.74, 6) is 0. The van der Waals surface area contributed by atoms with Crippen molar-refractivity contribution in [2.24, 2.45) is 0 Å². The summed E-state index contributed by atoms with van der Waals surface area (Å²) in [5.41, 5.74) is 0. The van der Waals surface area contributed by atoms with Crippen LogP contribution in [0.5, 0.6) is 0 Å². The Labute approximate surface area is 72.0 Å². The van der Waals surface area contributed by atoms with Gasteiger partial charge in [-0.15, -0.1) is 0 Å². The van der Waals surface area contributed by atoms with Gasteiger partial charge in [0.15, 0.2) is 0 Å². The molecule has 1 fully saturated rings. The quantitative estimate of drug-likeness (QED) is 0.674. The van der Waals surface area contributed by atoms with Gasteiger partial charge in [0.2, 0.25) is 0 Å². The topological polar surface area (TPSA) is 40.5 Å². The zero-order chi connectivity index (χ0) is 8.27. The van der Waals surface area contributed by atoms with Gasteiger partial charge in [0.1, 0.15) is 0 Å². The molecule has 0 amide bonds. The molecule has 1 saturated carbocycles. The van der Waals surface area contributed by atoms with Crippen molar-refractivity contribution in [2.75, 3.05) is 6.61 Å². The van der Waals surface area contributed by atoms with Crippen molar-refractivity contribution in [1.29, 1.82) is 0 Å². The van der Waals surface area contributed by atoms with Gasteiger partial charge in [-0.2, -0.15) is 11.8 Å². The third kappa shape index (κ3) is 2.65. The summed E-state index contributed by atoms with van der Waals surface area (Å²) >= 11 is 1.72. The molecule has 0 heterocycles. The van der Waals surface area contributed by atoms with Crippen LogP contribution in [0.4, 0.5) is 0 Å². The van der Waals surface area contributed by atoms with E-state index in [1.165, 1.54) is 0 Å². The first-order valence-electron chi connectivity index (χ1n) is 4.18. The Hall–Kier alpha value is 0.270. The lowest BCUT2D eigenvalue weighted by Gasteiger charge is -2.17. The van der Waals surface area contributed by atoms with E-state index in [4.69, 9.17) is 5.11 Å². The highest BCUT2D eigenvalue weighted by atomic mass is 32.2. The fraction of sp³-hybridized carbons (Fsp3) is 1.00. The maximum atomic E-state index is 9.43. The minimum atomic E-state index is -0.131. The third-order valence-electron chi connectivity index (χ3n) is 2.08. The average Bonchev–Trinajstić information content (AvgIpc) is 2.37. The molecule has 0 aromatic rings. The van der Waals surface area contributed by atoms with Crippen molar-refractivity contribution in [3.05, 3.63) is 0 Å². The number of aliphatic hydroxyl groups excluding tert-OH is 2. The average molecular weight is 176 g/mol. The first kappa shape index (κ1) is 9.36. The van der Waals surface area contributed by atoms with E-state index < -0.39 is 0 Å². The molecule has 1 aliphatic rings. The lowest BCUT2D eigenvalue weighted by molar-refractivity contribution is 0.187. The predicted octanol–water partition coefficient (Wildman–Crippen LogP) is 1.01. The lowest BCUT2D eigenvalue weighted by Crippen LogP contribution is -2.19. The van der Waals surface area contributed by atoms with E-state index in [1.807, 2.05) is 6.92 Å². The van der Waals surface area contributed by atoms with Gasteiger partial charge in [-0.25, -0.2) is 0 Å². The lowest BCUT2D eigenvalue weighted by atomic mass is 10.3. The largest absolute Gasteiger partial charge is 0.395 e. The van der Waals surface area contributed by atoms with E-state index in [0.717, 1.165) is 19.3 Å². The molecule has 0 radical (unpaired) electrons. The van der Waals surface area contributed by atoms with Crippen LogP contribution in [0.3, 0.4) is 0 Å². The molecule has 3 heteroatoms. The molecule has 1 aliphatic carbocycles. The summed E-state index contributed by atoms with van der Waals surface area (Å²) in [5, 5.41) is 18.9. The summed E-state index contributed by atoms with van der Waals surface area (Å²) < 4.78 is 0. The van der Waals surface area contributed by atoms with Crippen molar-refractivity contribution >= 4 is 11.8 Å². The Kier molecular flexibility index (Phi) is 3.69. The smallest absolute Gasteiger partial charge is 0.0658 e. The maximum Gasteiger partial charge on any atom is 0.0658 e. The zero-order valence-electron chi connectivity index (χ0n) is 6.86. The molecular formula is C8H16O2S. The second-order valence-electron chi connectivity index (χ2n) is 3.17. The standard InChI is InChI=1S/C8H16O2S/c1-6(5-9)11-8-4-2-3-7(8)10/h6-10H,2-5H2,1H3/t6?,7-,8-/m0/s1. The first-order valence-corrected chi connectivity index (χ1v) is 5.12. The highest BCUT2D eigenvalue weighted by molar-refractivity contribution is 8.00.